The summed E-state index contributed by atoms with van der Waals surface area (Å²) in [7, 11) is 0. The molecule has 1 aliphatic heterocycles. The van der Waals surface area contributed by atoms with Crippen LogP contribution in [0.3, 0.4) is 0 Å². The van der Waals surface area contributed by atoms with Gasteiger partial charge in [-0.15, -0.1) is 0 Å². The normalized spacial score (nSPS) is 18.7. The molecule has 1 aromatic rings. The summed E-state index contributed by atoms with van der Waals surface area (Å²) in [5.41, 5.74) is -1.01. The summed E-state index contributed by atoms with van der Waals surface area (Å²) in [4.78, 5) is 2.08. The van der Waals surface area contributed by atoms with Crippen molar-refractivity contribution in [2.75, 3.05) is 26.2 Å². The third kappa shape index (κ3) is 3.98. The Morgan fingerprint density at radius 3 is 2.36 bits per heavy atom. The Hall–Kier alpha value is -1.14. The third-order valence-electron chi connectivity index (χ3n) is 3.98. The lowest BCUT2D eigenvalue weighted by molar-refractivity contribution is -0.140. The molecule has 0 amide bonds. The van der Waals surface area contributed by atoms with Crippen molar-refractivity contribution in [3.63, 3.8) is 0 Å². The monoisotopic (exact) mass is 318 g/mol. The van der Waals surface area contributed by atoms with Crippen LogP contribution < -0.4 is 5.32 Å². The zero-order valence-corrected chi connectivity index (χ0v) is 12.9. The number of nitrogens with zero attached hydrogens (tertiary/aromatic N) is 1. The van der Waals surface area contributed by atoms with Gasteiger partial charge in [0.1, 0.15) is 5.82 Å². The molecule has 1 heterocycles. The summed E-state index contributed by atoms with van der Waals surface area (Å²) < 4.78 is 53.3. The maximum absolute atomic E-state index is 14.5. The molecule has 1 aliphatic rings. The highest BCUT2D eigenvalue weighted by molar-refractivity contribution is 5.30. The van der Waals surface area contributed by atoms with Crippen LogP contribution in [0.5, 0.6) is 0 Å². The third-order valence-corrected chi connectivity index (χ3v) is 3.98. The van der Waals surface area contributed by atoms with Gasteiger partial charge in [0.25, 0.3) is 0 Å². The molecule has 1 fully saturated rings. The molecule has 0 aliphatic carbocycles. The number of benzene rings is 1. The molecule has 22 heavy (non-hydrogen) atoms. The fourth-order valence-electron chi connectivity index (χ4n) is 2.94. The first-order chi connectivity index (χ1) is 10.3. The van der Waals surface area contributed by atoms with Gasteiger partial charge in [0, 0.05) is 37.8 Å². The second kappa shape index (κ2) is 6.96. The second-order valence-corrected chi connectivity index (χ2v) is 6.14. The molecule has 0 bridgehead atoms. The van der Waals surface area contributed by atoms with Crippen molar-refractivity contribution in [3.8, 4) is 0 Å². The van der Waals surface area contributed by atoms with Crippen LogP contribution in [0.4, 0.5) is 17.6 Å². The smallest absolute Gasteiger partial charge is 0.314 e. The van der Waals surface area contributed by atoms with Crippen LogP contribution in [-0.2, 0) is 6.18 Å². The summed E-state index contributed by atoms with van der Waals surface area (Å²) in [6.07, 6.45) is -4.02. The summed E-state index contributed by atoms with van der Waals surface area (Å²) in [5.74, 6) is -0.854. The van der Waals surface area contributed by atoms with E-state index in [0.717, 1.165) is 19.2 Å². The summed E-state index contributed by atoms with van der Waals surface area (Å²) in [5, 5.41) is 3.21. The highest BCUT2D eigenvalue weighted by Gasteiger charge is 2.36. The SMILES string of the molecule is CC(C)C[C@H](c1cccc(C(F)(F)F)c1F)N1CCNCC1. The Bertz CT molecular complexity index is 493. The van der Waals surface area contributed by atoms with E-state index in [0.29, 0.717) is 19.5 Å². The van der Waals surface area contributed by atoms with Crippen molar-refractivity contribution >= 4 is 0 Å². The lowest BCUT2D eigenvalue weighted by atomic mass is 9.93. The standard InChI is InChI=1S/C16H22F4N2/c1-11(2)10-14(22-8-6-21-7-9-22)12-4-3-5-13(15(12)17)16(18,19)20/h3-5,11,14,21H,6-10H2,1-2H3/t14-/m1/s1. The fourth-order valence-corrected chi connectivity index (χ4v) is 2.94. The van der Waals surface area contributed by atoms with Gasteiger partial charge >= 0.3 is 6.18 Å². The van der Waals surface area contributed by atoms with Crippen molar-refractivity contribution in [2.24, 2.45) is 5.92 Å². The van der Waals surface area contributed by atoms with Gasteiger partial charge in [-0.1, -0.05) is 26.0 Å². The van der Waals surface area contributed by atoms with E-state index in [2.05, 4.69) is 10.2 Å². The molecule has 0 radical (unpaired) electrons. The Morgan fingerprint density at radius 2 is 1.82 bits per heavy atom. The average molecular weight is 318 g/mol. The van der Waals surface area contributed by atoms with Gasteiger partial charge in [-0.25, -0.2) is 4.39 Å². The quantitative estimate of drug-likeness (QED) is 0.849. The van der Waals surface area contributed by atoms with Crippen LogP contribution in [-0.4, -0.2) is 31.1 Å². The van der Waals surface area contributed by atoms with E-state index in [1.807, 2.05) is 13.8 Å². The average Bonchev–Trinajstić information content (AvgIpc) is 2.45. The minimum Gasteiger partial charge on any atom is -0.314 e. The van der Waals surface area contributed by atoms with Gasteiger partial charge in [-0.3, -0.25) is 4.90 Å². The highest BCUT2D eigenvalue weighted by atomic mass is 19.4. The number of nitrogens with one attached hydrogen (secondary N) is 1. The lowest BCUT2D eigenvalue weighted by Crippen LogP contribution is -2.45. The van der Waals surface area contributed by atoms with Gasteiger partial charge in [0.2, 0.25) is 0 Å². The van der Waals surface area contributed by atoms with Gasteiger partial charge in [0.15, 0.2) is 0 Å². The van der Waals surface area contributed by atoms with Gasteiger partial charge < -0.3 is 5.32 Å². The second-order valence-electron chi connectivity index (χ2n) is 6.14. The number of alkyl halides is 3. The van der Waals surface area contributed by atoms with Gasteiger partial charge in [-0.2, -0.15) is 13.2 Å². The molecule has 0 aromatic heterocycles. The molecule has 0 saturated carbocycles. The van der Waals surface area contributed by atoms with E-state index in [1.165, 1.54) is 12.1 Å². The van der Waals surface area contributed by atoms with E-state index >= 15 is 0 Å². The molecule has 0 unspecified atom stereocenters. The predicted molar refractivity (Wildman–Crippen MR) is 78.0 cm³/mol. The predicted octanol–water partition coefficient (Wildman–Crippen LogP) is 3.84. The number of halogens is 4. The summed E-state index contributed by atoms with van der Waals surface area (Å²) in [6.45, 7) is 6.98. The van der Waals surface area contributed by atoms with E-state index < -0.39 is 17.6 Å². The Balaban J connectivity index is 2.38. The molecule has 6 heteroatoms. The van der Waals surface area contributed by atoms with Crippen LogP contribution >= 0.6 is 0 Å². The number of piperazine rings is 1. The largest absolute Gasteiger partial charge is 0.419 e. The molecule has 1 atom stereocenters. The molecular formula is C16H22F4N2. The van der Waals surface area contributed by atoms with Gasteiger partial charge in [0.05, 0.1) is 5.56 Å². The molecule has 0 spiro atoms. The van der Waals surface area contributed by atoms with Crippen LogP contribution in [0.1, 0.15) is 37.4 Å². The van der Waals surface area contributed by atoms with E-state index in [9.17, 15) is 17.6 Å². The summed E-state index contributed by atoms with van der Waals surface area (Å²) in [6, 6.07) is 3.28. The van der Waals surface area contributed by atoms with E-state index in [-0.39, 0.29) is 17.5 Å². The Morgan fingerprint density at radius 1 is 1.18 bits per heavy atom. The van der Waals surface area contributed by atoms with Crippen LogP contribution in [0.2, 0.25) is 0 Å². The fraction of sp³-hybridized carbons (Fsp3) is 0.625. The Labute approximate surface area is 128 Å². The lowest BCUT2D eigenvalue weighted by Gasteiger charge is -2.36. The van der Waals surface area contributed by atoms with Crippen molar-refractivity contribution in [2.45, 2.75) is 32.5 Å². The zero-order chi connectivity index (χ0) is 16.3. The molecule has 1 aromatic carbocycles. The first-order valence-electron chi connectivity index (χ1n) is 7.61. The zero-order valence-electron chi connectivity index (χ0n) is 12.9. The van der Waals surface area contributed by atoms with Gasteiger partial charge in [-0.05, 0) is 18.4 Å². The number of rotatable bonds is 4. The molecule has 1 N–H and O–H groups in total. The maximum atomic E-state index is 14.5. The van der Waals surface area contributed by atoms with Crippen LogP contribution in [0.15, 0.2) is 18.2 Å². The van der Waals surface area contributed by atoms with E-state index in [4.69, 9.17) is 0 Å². The van der Waals surface area contributed by atoms with Crippen molar-refractivity contribution in [3.05, 3.63) is 35.1 Å². The minimum absolute atomic E-state index is 0.158. The number of hydrogen-bond donors (Lipinski definition) is 1. The first kappa shape index (κ1) is 17.2. The van der Waals surface area contributed by atoms with Crippen molar-refractivity contribution in [1.29, 1.82) is 0 Å². The first-order valence-corrected chi connectivity index (χ1v) is 7.61. The molecular weight excluding hydrogens is 296 g/mol. The molecule has 2 nitrogen and oxygen atoms in total. The van der Waals surface area contributed by atoms with Crippen molar-refractivity contribution in [1.82, 2.24) is 10.2 Å². The summed E-state index contributed by atoms with van der Waals surface area (Å²) >= 11 is 0. The number of hydrogen-bond acceptors (Lipinski definition) is 2. The van der Waals surface area contributed by atoms with E-state index in [1.54, 1.807) is 0 Å². The highest BCUT2D eigenvalue weighted by Crippen LogP contribution is 2.37. The van der Waals surface area contributed by atoms with Crippen LogP contribution in [0, 0.1) is 11.7 Å². The Kier molecular flexibility index (Phi) is 5.45. The minimum atomic E-state index is -4.66. The molecule has 1 saturated heterocycles. The topological polar surface area (TPSA) is 15.3 Å². The molecule has 2 rings (SSSR count). The molecule has 124 valence electrons. The maximum Gasteiger partial charge on any atom is 0.419 e. The van der Waals surface area contributed by atoms with Crippen LogP contribution in [0.25, 0.3) is 0 Å². The van der Waals surface area contributed by atoms with Crippen molar-refractivity contribution < 1.29 is 17.6 Å².